The molecule has 0 saturated heterocycles. The van der Waals surface area contributed by atoms with Crippen LogP contribution in [0.25, 0.3) is 0 Å². The molecule has 0 aliphatic rings. The van der Waals surface area contributed by atoms with Crippen molar-refractivity contribution in [1.29, 1.82) is 0 Å². The molecule has 0 radical (unpaired) electrons. The van der Waals surface area contributed by atoms with Crippen molar-refractivity contribution in [3.05, 3.63) is 34.3 Å². The van der Waals surface area contributed by atoms with Crippen molar-refractivity contribution in [2.45, 2.75) is 18.0 Å². The number of nitrogens with two attached hydrogens (primary N) is 1. The number of rotatable bonds is 5. The molecular formula is C9H11N3O3S2. The van der Waals surface area contributed by atoms with Gasteiger partial charge in [0.1, 0.15) is 6.26 Å². The van der Waals surface area contributed by atoms with Gasteiger partial charge in [0.05, 0.1) is 17.1 Å². The average molecular weight is 273 g/mol. The molecule has 6 nitrogen and oxygen atoms in total. The molecule has 2 heterocycles. The van der Waals surface area contributed by atoms with Gasteiger partial charge in [-0.2, -0.15) is 0 Å². The van der Waals surface area contributed by atoms with Gasteiger partial charge in [0.15, 0.2) is 0 Å². The predicted molar refractivity (Wildman–Crippen MR) is 62.7 cm³/mol. The Morgan fingerprint density at radius 2 is 2.35 bits per heavy atom. The first-order valence-corrected chi connectivity index (χ1v) is 7.14. The Balaban J connectivity index is 2.08. The standard InChI is InChI=1S/C9H11N3O3S2/c10-4-8-3-9(6-16-8)17(13,14)11-5-7-1-2-15-12-7/h1-3,6,11H,4-5,10H2. The molecule has 0 amide bonds. The number of nitrogens with zero attached hydrogens (tertiary/aromatic N) is 1. The van der Waals surface area contributed by atoms with Crippen LogP contribution < -0.4 is 10.5 Å². The van der Waals surface area contributed by atoms with Crippen LogP contribution in [-0.2, 0) is 23.1 Å². The number of nitrogens with one attached hydrogen (secondary N) is 1. The van der Waals surface area contributed by atoms with E-state index in [1.807, 2.05) is 0 Å². The highest BCUT2D eigenvalue weighted by molar-refractivity contribution is 7.89. The predicted octanol–water partition coefficient (Wildman–Crippen LogP) is 0.673. The van der Waals surface area contributed by atoms with E-state index in [4.69, 9.17) is 5.73 Å². The smallest absolute Gasteiger partial charge is 0.241 e. The van der Waals surface area contributed by atoms with Crippen LogP contribution in [0.15, 0.2) is 33.2 Å². The van der Waals surface area contributed by atoms with Crippen LogP contribution in [0.1, 0.15) is 10.6 Å². The van der Waals surface area contributed by atoms with Gasteiger partial charge in [-0.3, -0.25) is 0 Å². The van der Waals surface area contributed by atoms with Crippen molar-refractivity contribution in [2.75, 3.05) is 0 Å². The molecule has 0 aliphatic carbocycles. The summed E-state index contributed by atoms with van der Waals surface area (Å²) in [6.45, 7) is 0.441. The Morgan fingerprint density at radius 1 is 1.53 bits per heavy atom. The van der Waals surface area contributed by atoms with Gasteiger partial charge in [0.25, 0.3) is 0 Å². The topological polar surface area (TPSA) is 98.2 Å². The van der Waals surface area contributed by atoms with Crippen molar-refractivity contribution in [3.63, 3.8) is 0 Å². The summed E-state index contributed by atoms with van der Waals surface area (Å²) in [6, 6.07) is 3.16. The third kappa shape index (κ3) is 2.91. The highest BCUT2D eigenvalue weighted by Gasteiger charge is 2.16. The monoisotopic (exact) mass is 273 g/mol. The lowest BCUT2D eigenvalue weighted by molar-refractivity contribution is 0.411. The molecule has 92 valence electrons. The van der Waals surface area contributed by atoms with Crippen molar-refractivity contribution < 1.29 is 12.9 Å². The van der Waals surface area contributed by atoms with E-state index in [-0.39, 0.29) is 11.4 Å². The minimum atomic E-state index is -3.50. The lowest BCUT2D eigenvalue weighted by Gasteiger charge is -2.01. The van der Waals surface area contributed by atoms with Crippen molar-refractivity contribution in [1.82, 2.24) is 9.88 Å². The second-order valence-electron chi connectivity index (χ2n) is 3.27. The molecule has 0 saturated carbocycles. The third-order valence-corrected chi connectivity index (χ3v) is 4.56. The number of aromatic nitrogens is 1. The second kappa shape index (κ2) is 4.96. The molecule has 3 N–H and O–H groups in total. The molecular weight excluding hydrogens is 262 g/mol. The van der Waals surface area contributed by atoms with Gasteiger partial charge in [-0.25, -0.2) is 13.1 Å². The lowest BCUT2D eigenvalue weighted by Crippen LogP contribution is -2.22. The third-order valence-electron chi connectivity index (χ3n) is 2.08. The summed E-state index contributed by atoms with van der Waals surface area (Å²) >= 11 is 1.32. The van der Waals surface area contributed by atoms with Crippen molar-refractivity contribution >= 4 is 21.4 Å². The van der Waals surface area contributed by atoms with Gasteiger partial charge in [-0.05, 0) is 6.07 Å². The Hall–Kier alpha value is -1.22. The first-order chi connectivity index (χ1) is 8.12. The van der Waals surface area contributed by atoms with E-state index in [1.165, 1.54) is 17.6 Å². The number of hydrogen-bond donors (Lipinski definition) is 2. The minimum absolute atomic E-state index is 0.104. The fourth-order valence-corrected chi connectivity index (χ4v) is 3.34. The number of thiophene rings is 1. The zero-order valence-corrected chi connectivity index (χ0v) is 10.4. The largest absolute Gasteiger partial charge is 0.364 e. The zero-order chi connectivity index (χ0) is 12.3. The van der Waals surface area contributed by atoms with Gasteiger partial charge in [0, 0.05) is 22.9 Å². The fraction of sp³-hybridized carbons (Fsp3) is 0.222. The molecule has 2 rings (SSSR count). The van der Waals surface area contributed by atoms with Gasteiger partial charge < -0.3 is 10.3 Å². The normalized spacial score (nSPS) is 11.8. The van der Waals surface area contributed by atoms with Crippen molar-refractivity contribution in [3.8, 4) is 0 Å². The molecule has 8 heteroatoms. The Morgan fingerprint density at radius 3 is 2.94 bits per heavy atom. The van der Waals surface area contributed by atoms with E-state index < -0.39 is 10.0 Å². The maximum atomic E-state index is 11.9. The lowest BCUT2D eigenvalue weighted by atomic mass is 10.5. The summed E-state index contributed by atoms with van der Waals surface area (Å²) < 4.78 is 30.7. The number of hydrogen-bond acceptors (Lipinski definition) is 6. The van der Waals surface area contributed by atoms with Gasteiger partial charge in [-0.1, -0.05) is 5.16 Å². The van der Waals surface area contributed by atoms with Crippen LogP contribution in [-0.4, -0.2) is 13.6 Å². The quantitative estimate of drug-likeness (QED) is 0.834. The molecule has 0 atom stereocenters. The first-order valence-electron chi connectivity index (χ1n) is 4.78. The van der Waals surface area contributed by atoms with E-state index in [1.54, 1.807) is 17.5 Å². The summed E-state index contributed by atoms with van der Waals surface area (Å²) in [4.78, 5) is 1.05. The molecule has 0 unspecified atom stereocenters. The molecule has 2 aromatic heterocycles. The maximum absolute atomic E-state index is 11.9. The van der Waals surface area contributed by atoms with Crippen LogP contribution in [0.2, 0.25) is 0 Å². The highest BCUT2D eigenvalue weighted by atomic mass is 32.2. The Bertz CT molecular complexity index is 574. The van der Waals surface area contributed by atoms with Crippen LogP contribution >= 0.6 is 11.3 Å². The second-order valence-corrected chi connectivity index (χ2v) is 6.03. The van der Waals surface area contributed by atoms with E-state index in [0.29, 0.717) is 12.2 Å². The van der Waals surface area contributed by atoms with Crippen LogP contribution in [0.3, 0.4) is 0 Å². The van der Waals surface area contributed by atoms with Crippen LogP contribution in [0.4, 0.5) is 0 Å². The van der Waals surface area contributed by atoms with Gasteiger partial charge in [0.2, 0.25) is 10.0 Å². The Kier molecular flexibility index (Phi) is 3.57. The molecule has 17 heavy (non-hydrogen) atoms. The van der Waals surface area contributed by atoms with E-state index in [2.05, 4.69) is 14.4 Å². The first kappa shape index (κ1) is 12.2. The van der Waals surface area contributed by atoms with Gasteiger partial charge >= 0.3 is 0 Å². The molecule has 0 spiro atoms. The minimum Gasteiger partial charge on any atom is -0.364 e. The maximum Gasteiger partial charge on any atom is 0.241 e. The van der Waals surface area contributed by atoms with Crippen molar-refractivity contribution in [2.24, 2.45) is 5.73 Å². The van der Waals surface area contributed by atoms with E-state index >= 15 is 0 Å². The average Bonchev–Trinajstić information content (AvgIpc) is 2.98. The molecule has 2 aromatic rings. The van der Waals surface area contributed by atoms with E-state index in [0.717, 1.165) is 4.88 Å². The molecule has 0 fully saturated rings. The fourth-order valence-electron chi connectivity index (χ4n) is 1.19. The van der Waals surface area contributed by atoms with Crippen LogP contribution in [0.5, 0.6) is 0 Å². The highest BCUT2D eigenvalue weighted by Crippen LogP contribution is 2.18. The summed E-state index contributed by atoms with van der Waals surface area (Å²) in [6.07, 6.45) is 1.39. The molecule has 0 bridgehead atoms. The van der Waals surface area contributed by atoms with Crippen LogP contribution in [0, 0.1) is 0 Å². The number of sulfonamides is 1. The van der Waals surface area contributed by atoms with E-state index in [9.17, 15) is 8.42 Å². The summed E-state index contributed by atoms with van der Waals surface area (Å²) in [5.41, 5.74) is 5.96. The summed E-state index contributed by atoms with van der Waals surface area (Å²) in [5, 5.41) is 5.18. The summed E-state index contributed by atoms with van der Waals surface area (Å²) in [5.74, 6) is 0. The SMILES string of the molecule is NCc1cc(S(=O)(=O)NCc2ccon2)cs1. The molecule has 0 aromatic carbocycles. The van der Waals surface area contributed by atoms with Gasteiger partial charge in [-0.15, -0.1) is 11.3 Å². The molecule has 0 aliphatic heterocycles. The summed E-state index contributed by atoms with van der Waals surface area (Å²) in [7, 11) is -3.50. The zero-order valence-electron chi connectivity index (χ0n) is 8.79. The Labute approximate surface area is 102 Å².